The lowest BCUT2D eigenvalue weighted by Crippen LogP contribution is -2.04. The third-order valence-corrected chi connectivity index (χ3v) is 4.85. The quantitative estimate of drug-likeness (QED) is 0.693. The molecule has 0 radical (unpaired) electrons. The summed E-state index contributed by atoms with van der Waals surface area (Å²) in [5.74, 6) is 0.479. The zero-order valence-electron chi connectivity index (χ0n) is 11.1. The zero-order chi connectivity index (χ0) is 15.0. The average Bonchev–Trinajstić information content (AvgIpc) is 2.51. The summed E-state index contributed by atoms with van der Waals surface area (Å²) in [7, 11) is -1.03. The van der Waals surface area contributed by atoms with E-state index in [1.54, 1.807) is 48.7 Å². The van der Waals surface area contributed by atoms with Crippen molar-refractivity contribution < 1.29 is 8.63 Å². The summed E-state index contributed by atoms with van der Waals surface area (Å²) in [5.41, 5.74) is 1.21. The van der Waals surface area contributed by atoms with Gasteiger partial charge in [0.25, 0.3) is 0 Å². The smallest absolute Gasteiger partial charge is 0.207 e. The van der Waals surface area contributed by atoms with Gasteiger partial charge in [-0.1, -0.05) is 12.1 Å². The number of rotatable bonds is 2. The van der Waals surface area contributed by atoms with Crippen LogP contribution in [0.4, 0.5) is 0 Å². The lowest BCUT2D eigenvalue weighted by molar-refractivity contribution is 0.615. The fourth-order valence-corrected chi connectivity index (χ4v) is 3.15. The maximum absolute atomic E-state index is 12.3. The molecule has 0 aliphatic carbocycles. The minimum Gasteiger partial charge on any atom is -0.455 e. The topological polar surface area (TPSA) is 47.3 Å². The molecular weight excluding hydrogens is 352 g/mol. The van der Waals surface area contributed by atoms with Crippen LogP contribution in [0, 0.1) is 0 Å². The Morgan fingerprint density at radius 3 is 2.38 bits per heavy atom. The van der Waals surface area contributed by atoms with Crippen LogP contribution in [0.3, 0.4) is 0 Å². The van der Waals surface area contributed by atoms with E-state index in [0.717, 1.165) is 10.5 Å². The predicted octanol–water partition coefficient (Wildman–Crippen LogP) is 3.96. The van der Waals surface area contributed by atoms with Gasteiger partial charge in [0.2, 0.25) is 5.43 Å². The van der Waals surface area contributed by atoms with Crippen LogP contribution in [0.25, 0.3) is 22.3 Å². The first-order valence-corrected chi connectivity index (χ1v) is 8.58. The van der Waals surface area contributed by atoms with Crippen molar-refractivity contribution in [2.75, 3.05) is 6.26 Å². The van der Waals surface area contributed by atoms with Crippen molar-refractivity contribution in [1.29, 1.82) is 0 Å². The van der Waals surface area contributed by atoms with E-state index in [9.17, 15) is 9.00 Å². The van der Waals surface area contributed by atoms with Gasteiger partial charge >= 0.3 is 0 Å². The Labute approximate surface area is 132 Å². The highest BCUT2D eigenvalue weighted by Gasteiger charge is 2.13. The lowest BCUT2D eigenvalue weighted by atomic mass is 10.1. The van der Waals surface area contributed by atoms with Crippen LogP contribution in [0.15, 0.2) is 67.1 Å². The minimum atomic E-state index is -1.03. The van der Waals surface area contributed by atoms with Gasteiger partial charge in [-0.3, -0.25) is 9.00 Å². The number of hydrogen-bond donors (Lipinski definition) is 0. The molecule has 21 heavy (non-hydrogen) atoms. The zero-order valence-corrected chi connectivity index (χ0v) is 13.5. The molecule has 3 nitrogen and oxygen atoms in total. The van der Waals surface area contributed by atoms with E-state index in [1.165, 1.54) is 0 Å². The summed E-state index contributed by atoms with van der Waals surface area (Å²) >= 11 is 3.32. The second-order valence-corrected chi connectivity index (χ2v) is 6.72. The largest absolute Gasteiger partial charge is 0.455 e. The molecule has 1 aromatic heterocycles. The Balaban J connectivity index is 2.22. The molecule has 0 saturated carbocycles. The van der Waals surface area contributed by atoms with Gasteiger partial charge in [0.05, 0.1) is 5.39 Å². The summed E-state index contributed by atoms with van der Waals surface area (Å²) in [6, 6.07) is 14.3. The molecule has 0 saturated heterocycles. The van der Waals surface area contributed by atoms with Gasteiger partial charge in [0, 0.05) is 27.5 Å². The molecular formula is C16H11BrO3S. The van der Waals surface area contributed by atoms with Crippen LogP contribution in [0.5, 0.6) is 0 Å². The molecule has 0 N–H and O–H groups in total. The van der Waals surface area contributed by atoms with Crippen molar-refractivity contribution >= 4 is 37.7 Å². The fourth-order valence-electron chi connectivity index (χ4n) is 2.10. The summed E-state index contributed by atoms with van der Waals surface area (Å²) in [6.07, 6.45) is 1.63. The normalized spacial score (nSPS) is 12.5. The van der Waals surface area contributed by atoms with E-state index >= 15 is 0 Å². The molecule has 2 aromatic carbocycles. The number of benzene rings is 2. The molecule has 0 bridgehead atoms. The average molecular weight is 363 g/mol. The highest BCUT2D eigenvalue weighted by molar-refractivity contribution is 9.10. The van der Waals surface area contributed by atoms with Gasteiger partial charge < -0.3 is 4.42 Å². The van der Waals surface area contributed by atoms with Crippen molar-refractivity contribution in [3.05, 3.63) is 63.2 Å². The molecule has 0 aliphatic heterocycles. The molecule has 0 spiro atoms. The summed E-state index contributed by atoms with van der Waals surface area (Å²) in [4.78, 5) is 13.1. The van der Waals surface area contributed by atoms with Crippen molar-refractivity contribution in [3.8, 4) is 11.3 Å². The third-order valence-electron chi connectivity index (χ3n) is 3.19. The van der Waals surface area contributed by atoms with Crippen LogP contribution < -0.4 is 5.43 Å². The SMILES string of the molecule is CS(=O)c1ccc(-c2oc3ccccc3c(=O)c2Br)cc1. The highest BCUT2D eigenvalue weighted by atomic mass is 79.9. The Hall–Kier alpha value is -1.72. The summed E-state index contributed by atoms with van der Waals surface area (Å²) in [6.45, 7) is 0. The van der Waals surface area contributed by atoms with Crippen LogP contribution in [-0.2, 0) is 10.8 Å². The predicted molar refractivity (Wildman–Crippen MR) is 88.0 cm³/mol. The van der Waals surface area contributed by atoms with Crippen molar-refractivity contribution in [1.82, 2.24) is 0 Å². The third kappa shape index (κ3) is 2.59. The van der Waals surface area contributed by atoms with Crippen molar-refractivity contribution in [3.63, 3.8) is 0 Å². The second kappa shape index (κ2) is 5.58. The summed E-state index contributed by atoms with van der Waals surface area (Å²) < 4.78 is 17.6. The maximum atomic E-state index is 12.3. The molecule has 1 unspecified atom stereocenters. The first-order chi connectivity index (χ1) is 10.1. The highest BCUT2D eigenvalue weighted by Crippen LogP contribution is 2.29. The van der Waals surface area contributed by atoms with Gasteiger partial charge in [0.15, 0.2) is 5.76 Å². The molecule has 5 heteroatoms. The number of hydrogen-bond acceptors (Lipinski definition) is 3. The van der Waals surface area contributed by atoms with Crippen molar-refractivity contribution in [2.45, 2.75) is 4.90 Å². The van der Waals surface area contributed by atoms with E-state index < -0.39 is 10.8 Å². The number of halogens is 1. The van der Waals surface area contributed by atoms with Gasteiger partial charge in [0.1, 0.15) is 10.1 Å². The standard InChI is InChI=1S/C16H11BrO3S/c1-21(19)11-8-6-10(7-9-11)16-14(17)15(18)12-4-2-3-5-13(12)20-16/h2-9H,1H3. The van der Waals surface area contributed by atoms with Gasteiger partial charge in [-0.05, 0) is 52.3 Å². The van der Waals surface area contributed by atoms with E-state index in [4.69, 9.17) is 4.42 Å². The van der Waals surface area contributed by atoms with Gasteiger partial charge in [-0.15, -0.1) is 0 Å². The monoisotopic (exact) mass is 362 g/mol. The molecule has 106 valence electrons. The Kier molecular flexibility index (Phi) is 3.78. The molecule has 1 atom stereocenters. The first-order valence-electron chi connectivity index (χ1n) is 6.23. The summed E-state index contributed by atoms with van der Waals surface area (Å²) in [5, 5.41) is 0.541. The fraction of sp³-hybridized carbons (Fsp3) is 0.0625. The van der Waals surface area contributed by atoms with Crippen LogP contribution in [-0.4, -0.2) is 10.5 Å². The second-order valence-electron chi connectivity index (χ2n) is 4.55. The molecule has 1 heterocycles. The Morgan fingerprint density at radius 1 is 1.05 bits per heavy atom. The van der Waals surface area contributed by atoms with Gasteiger partial charge in [-0.2, -0.15) is 0 Å². The van der Waals surface area contributed by atoms with Gasteiger partial charge in [-0.25, -0.2) is 0 Å². The molecule has 0 aliphatic rings. The molecule has 3 aromatic rings. The van der Waals surface area contributed by atoms with E-state index in [1.807, 2.05) is 6.07 Å². The number of fused-ring (bicyclic) bond motifs is 1. The Bertz CT molecular complexity index is 898. The lowest BCUT2D eigenvalue weighted by Gasteiger charge is -2.06. The minimum absolute atomic E-state index is 0.102. The van der Waals surface area contributed by atoms with E-state index in [-0.39, 0.29) is 5.43 Å². The van der Waals surface area contributed by atoms with E-state index in [2.05, 4.69) is 15.9 Å². The van der Waals surface area contributed by atoms with E-state index in [0.29, 0.717) is 21.2 Å². The van der Waals surface area contributed by atoms with Crippen LogP contribution >= 0.6 is 15.9 Å². The number of para-hydroxylation sites is 1. The Morgan fingerprint density at radius 2 is 1.71 bits per heavy atom. The molecule has 0 fully saturated rings. The maximum Gasteiger partial charge on any atom is 0.207 e. The first kappa shape index (κ1) is 14.2. The van der Waals surface area contributed by atoms with Crippen LogP contribution in [0.1, 0.15) is 0 Å². The van der Waals surface area contributed by atoms with Crippen LogP contribution in [0.2, 0.25) is 0 Å². The molecule has 0 amide bonds. The molecule has 3 rings (SSSR count). The van der Waals surface area contributed by atoms with Crippen molar-refractivity contribution in [2.24, 2.45) is 0 Å².